The first kappa shape index (κ1) is 10.8. The van der Waals surface area contributed by atoms with Gasteiger partial charge in [-0.25, -0.2) is 0 Å². The van der Waals surface area contributed by atoms with Gasteiger partial charge in [0.05, 0.1) is 6.04 Å². The third-order valence-corrected chi connectivity index (χ3v) is 4.40. The minimum absolute atomic E-state index is 0.400. The SMILES string of the molecule is CC(c1ccc(Br)o1)N1CC2CNCC2C1. The van der Waals surface area contributed by atoms with Crippen LogP contribution in [0, 0.1) is 11.8 Å². The van der Waals surface area contributed by atoms with Gasteiger partial charge in [0.25, 0.3) is 0 Å². The van der Waals surface area contributed by atoms with Crippen LogP contribution >= 0.6 is 15.9 Å². The summed E-state index contributed by atoms with van der Waals surface area (Å²) in [7, 11) is 0. The minimum atomic E-state index is 0.400. The molecule has 16 heavy (non-hydrogen) atoms. The highest BCUT2D eigenvalue weighted by Gasteiger charge is 2.38. The number of nitrogens with zero attached hydrogens (tertiary/aromatic N) is 1. The Morgan fingerprint density at radius 3 is 2.62 bits per heavy atom. The number of rotatable bonds is 2. The van der Waals surface area contributed by atoms with Gasteiger partial charge in [0.2, 0.25) is 0 Å². The average molecular weight is 285 g/mol. The normalized spacial score (nSPS) is 31.9. The summed E-state index contributed by atoms with van der Waals surface area (Å²) in [6.07, 6.45) is 0. The molecule has 3 heterocycles. The second kappa shape index (κ2) is 4.17. The molecule has 1 N–H and O–H groups in total. The molecule has 2 fully saturated rings. The molecule has 3 rings (SSSR count). The lowest BCUT2D eigenvalue weighted by atomic mass is 10.0. The lowest BCUT2D eigenvalue weighted by molar-refractivity contribution is 0.214. The van der Waals surface area contributed by atoms with E-state index in [2.05, 4.69) is 39.1 Å². The van der Waals surface area contributed by atoms with Crippen LogP contribution in [0.15, 0.2) is 21.2 Å². The Morgan fingerprint density at radius 2 is 2.06 bits per heavy atom. The smallest absolute Gasteiger partial charge is 0.169 e. The van der Waals surface area contributed by atoms with Gasteiger partial charge in [-0.1, -0.05) is 0 Å². The summed E-state index contributed by atoms with van der Waals surface area (Å²) in [5.74, 6) is 2.77. The fourth-order valence-corrected chi connectivity index (χ4v) is 3.26. The van der Waals surface area contributed by atoms with E-state index in [4.69, 9.17) is 4.42 Å². The lowest BCUT2D eigenvalue weighted by Gasteiger charge is -2.23. The van der Waals surface area contributed by atoms with Crippen molar-refractivity contribution in [1.29, 1.82) is 0 Å². The maximum Gasteiger partial charge on any atom is 0.169 e. The quantitative estimate of drug-likeness (QED) is 0.903. The van der Waals surface area contributed by atoms with Crippen LogP contribution in [0.1, 0.15) is 18.7 Å². The van der Waals surface area contributed by atoms with Crippen LogP contribution in [-0.4, -0.2) is 31.1 Å². The number of hydrogen-bond acceptors (Lipinski definition) is 3. The van der Waals surface area contributed by atoms with Crippen molar-refractivity contribution in [2.24, 2.45) is 11.8 Å². The Morgan fingerprint density at radius 1 is 1.38 bits per heavy atom. The largest absolute Gasteiger partial charge is 0.453 e. The molecule has 3 atom stereocenters. The maximum atomic E-state index is 5.64. The molecule has 1 aromatic heterocycles. The van der Waals surface area contributed by atoms with Crippen molar-refractivity contribution in [1.82, 2.24) is 10.2 Å². The van der Waals surface area contributed by atoms with E-state index in [1.165, 1.54) is 26.2 Å². The molecule has 88 valence electrons. The van der Waals surface area contributed by atoms with E-state index in [0.717, 1.165) is 22.3 Å². The molecule has 0 bridgehead atoms. The molecule has 4 heteroatoms. The van der Waals surface area contributed by atoms with Gasteiger partial charge in [0.1, 0.15) is 5.76 Å². The summed E-state index contributed by atoms with van der Waals surface area (Å²) >= 11 is 3.36. The van der Waals surface area contributed by atoms with Crippen LogP contribution in [0.25, 0.3) is 0 Å². The molecule has 0 aromatic carbocycles. The van der Waals surface area contributed by atoms with E-state index in [0.29, 0.717) is 6.04 Å². The molecule has 3 unspecified atom stereocenters. The van der Waals surface area contributed by atoms with E-state index < -0.39 is 0 Å². The van der Waals surface area contributed by atoms with Crippen LogP contribution in [0.5, 0.6) is 0 Å². The zero-order valence-corrected chi connectivity index (χ0v) is 11.0. The van der Waals surface area contributed by atoms with Gasteiger partial charge in [-0.15, -0.1) is 0 Å². The first-order valence-corrected chi connectivity index (χ1v) is 6.73. The molecule has 1 aromatic rings. The fourth-order valence-electron chi connectivity index (χ4n) is 2.94. The first-order chi connectivity index (χ1) is 7.74. The third kappa shape index (κ3) is 1.83. The van der Waals surface area contributed by atoms with Crippen molar-refractivity contribution in [2.75, 3.05) is 26.2 Å². The number of halogens is 1. The van der Waals surface area contributed by atoms with Gasteiger partial charge in [0.15, 0.2) is 4.67 Å². The van der Waals surface area contributed by atoms with Crippen molar-refractivity contribution in [2.45, 2.75) is 13.0 Å². The second-order valence-corrected chi connectivity index (χ2v) is 5.73. The molecule has 0 aliphatic carbocycles. The lowest BCUT2D eigenvalue weighted by Crippen LogP contribution is -2.28. The van der Waals surface area contributed by atoms with E-state index in [1.54, 1.807) is 0 Å². The highest BCUT2D eigenvalue weighted by Crippen LogP contribution is 2.33. The molecule has 0 saturated carbocycles. The standard InChI is InChI=1S/C12H17BrN2O/c1-8(11-2-3-12(13)16-11)15-6-9-4-14-5-10(9)7-15/h2-3,8-10,14H,4-7H2,1H3. The Kier molecular flexibility index (Phi) is 2.81. The molecule has 0 radical (unpaired) electrons. The van der Waals surface area contributed by atoms with Gasteiger partial charge >= 0.3 is 0 Å². The zero-order chi connectivity index (χ0) is 11.1. The van der Waals surface area contributed by atoms with Crippen LogP contribution < -0.4 is 5.32 Å². The summed E-state index contributed by atoms with van der Waals surface area (Å²) in [6, 6.07) is 4.45. The third-order valence-electron chi connectivity index (χ3n) is 3.97. The predicted octanol–water partition coefficient (Wildman–Crippen LogP) is 2.25. The predicted molar refractivity (Wildman–Crippen MR) is 66.2 cm³/mol. The molecule has 0 amide bonds. The van der Waals surface area contributed by atoms with Crippen molar-refractivity contribution in [3.8, 4) is 0 Å². The summed E-state index contributed by atoms with van der Waals surface area (Å²) in [4.78, 5) is 2.54. The molecule has 3 nitrogen and oxygen atoms in total. The number of furan rings is 1. The number of hydrogen-bond donors (Lipinski definition) is 1. The van der Waals surface area contributed by atoms with Gasteiger partial charge in [0, 0.05) is 13.1 Å². The van der Waals surface area contributed by atoms with E-state index >= 15 is 0 Å². The van der Waals surface area contributed by atoms with Crippen molar-refractivity contribution >= 4 is 15.9 Å². The van der Waals surface area contributed by atoms with Crippen LogP contribution in [0.3, 0.4) is 0 Å². The molecule has 2 aliphatic heterocycles. The van der Waals surface area contributed by atoms with Crippen molar-refractivity contribution in [3.05, 3.63) is 22.6 Å². The second-order valence-electron chi connectivity index (χ2n) is 4.95. The van der Waals surface area contributed by atoms with E-state index in [1.807, 2.05) is 6.07 Å². The van der Waals surface area contributed by atoms with Crippen LogP contribution in [0.4, 0.5) is 0 Å². The van der Waals surface area contributed by atoms with Crippen LogP contribution in [0.2, 0.25) is 0 Å². The molecule has 2 aliphatic rings. The van der Waals surface area contributed by atoms with E-state index in [9.17, 15) is 0 Å². The average Bonchev–Trinajstić information content (AvgIpc) is 2.89. The molecule has 0 spiro atoms. The number of nitrogens with one attached hydrogen (secondary N) is 1. The molecule has 2 saturated heterocycles. The Balaban J connectivity index is 1.70. The Bertz CT molecular complexity index is 367. The summed E-state index contributed by atoms with van der Waals surface area (Å²) < 4.78 is 6.47. The van der Waals surface area contributed by atoms with E-state index in [-0.39, 0.29) is 0 Å². The Labute approximate surface area is 104 Å². The number of fused-ring (bicyclic) bond motifs is 1. The van der Waals surface area contributed by atoms with Gasteiger partial charge < -0.3 is 9.73 Å². The van der Waals surface area contributed by atoms with Crippen LogP contribution in [-0.2, 0) is 0 Å². The first-order valence-electron chi connectivity index (χ1n) is 5.94. The summed E-state index contributed by atoms with van der Waals surface area (Å²) in [5.41, 5.74) is 0. The zero-order valence-electron chi connectivity index (χ0n) is 9.45. The summed E-state index contributed by atoms with van der Waals surface area (Å²) in [5, 5.41) is 3.47. The number of likely N-dealkylation sites (tertiary alicyclic amines) is 1. The van der Waals surface area contributed by atoms with Crippen molar-refractivity contribution in [3.63, 3.8) is 0 Å². The fraction of sp³-hybridized carbons (Fsp3) is 0.667. The van der Waals surface area contributed by atoms with Crippen molar-refractivity contribution < 1.29 is 4.42 Å². The molecular formula is C12H17BrN2O. The summed E-state index contributed by atoms with van der Waals surface area (Å²) in [6.45, 7) is 7.03. The minimum Gasteiger partial charge on any atom is -0.453 e. The van der Waals surface area contributed by atoms with Gasteiger partial charge in [-0.3, -0.25) is 4.90 Å². The monoisotopic (exact) mass is 284 g/mol. The van der Waals surface area contributed by atoms with Gasteiger partial charge in [-0.05, 0) is 59.9 Å². The molecular weight excluding hydrogens is 268 g/mol. The highest BCUT2D eigenvalue weighted by atomic mass is 79.9. The topological polar surface area (TPSA) is 28.4 Å². The maximum absolute atomic E-state index is 5.64. The Hall–Kier alpha value is -0.320. The van der Waals surface area contributed by atoms with Gasteiger partial charge in [-0.2, -0.15) is 0 Å². The highest BCUT2D eigenvalue weighted by molar-refractivity contribution is 9.10.